The number of non-ortho nitro benzene ring substituents is 1. The van der Waals surface area contributed by atoms with Crippen LogP contribution in [0.15, 0.2) is 42.5 Å². The fourth-order valence-electron chi connectivity index (χ4n) is 2.44. The third-order valence-electron chi connectivity index (χ3n) is 3.62. The number of nitro benzene ring substituents is 1. The maximum absolute atomic E-state index is 10.8. The van der Waals surface area contributed by atoms with Crippen LogP contribution in [0.2, 0.25) is 0 Å². The summed E-state index contributed by atoms with van der Waals surface area (Å²) in [5.41, 5.74) is 1.68. The van der Waals surface area contributed by atoms with Crippen molar-refractivity contribution in [2.75, 3.05) is 25.1 Å². The number of thiocarbonyl (C=S) groups is 1. The Morgan fingerprint density at radius 3 is 2.56 bits per heavy atom. The molecule has 0 spiro atoms. The van der Waals surface area contributed by atoms with Gasteiger partial charge in [-0.3, -0.25) is 10.1 Å². The van der Waals surface area contributed by atoms with E-state index in [1.807, 2.05) is 32.0 Å². The zero-order valence-electron chi connectivity index (χ0n) is 15.4. The van der Waals surface area contributed by atoms with Gasteiger partial charge in [0.25, 0.3) is 5.69 Å². The molecule has 0 fully saturated rings. The molecule has 0 amide bonds. The molecule has 0 aliphatic heterocycles. The Kier molecular flexibility index (Phi) is 7.81. The predicted molar refractivity (Wildman–Crippen MR) is 110 cm³/mol. The lowest BCUT2D eigenvalue weighted by molar-refractivity contribution is -0.384. The number of ether oxygens (including phenoxy) is 2. The Morgan fingerprint density at radius 1 is 1.11 bits per heavy atom. The molecule has 8 heteroatoms. The molecule has 2 aromatic carbocycles. The second-order valence-electron chi connectivity index (χ2n) is 5.59. The van der Waals surface area contributed by atoms with Crippen LogP contribution in [0.3, 0.4) is 0 Å². The monoisotopic (exact) mass is 389 g/mol. The van der Waals surface area contributed by atoms with Crippen molar-refractivity contribution in [1.82, 2.24) is 5.32 Å². The minimum Gasteiger partial charge on any atom is -0.490 e. The first-order chi connectivity index (χ1) is 13.0. The number of hydrogen-bond acceptors (Lipinski definition) is 5. The van der Waals surface area contributed by atoms with E-state index in [0.717, 1.165) is 23.5 Å². The van der Waals surface area contributed by atoms with E-state index in [0.29, 0.717) is 30.6 Å². The molecule has 27 heavy (non-hydrogen) atoms. The number of nitrogens with zero attached hydrogens (tertiary/aromatic N) is 1. The topological polar surface area (TPSA) is 85.7 Å². The number of nitrogens with one attached hydrogen (secondary N) is 2. The molecule has 0 radical (unpaired) electrons. The second-order valence-corrected chi connectivity index (χ2v) is 5.99. The molecule has 2 aromatic rings. The first-order valence-corrected chi connectivity index (χ1v) is 9.12. The van der Waals surface area contributed by atoms with Crippen LogP contribution >= 0.6 is 12.2 Å². The molecule has 0 aliphatic rings. The predicted octanol–water partition coefficient (Wildman–Crippen LogP) is 3.92. The normalized spacial score (nSPS) is 10.1. The van der Waals surface area contributed by atoms with Gasteiger partial charge in [0.15, 0.2) is 16.6 Å². The van der Waals surface area contributed by atoms with Crippen molar-refractivity contribution in [2.45, 2.75) is 20.3 Å². The smallest absolute Gasteiger partial charge is 0.271 e. The maximum Gasteiger partial charge on any atom is 0.271 e. The fraction of sp³-hybridized carbons (Fsp3) is 0.316. The summed E-state index contributed by atoms with van der Waals surface area (Å²) in [6.45, 7) is 5.63. The van der Waals surface area contributed by atoms with Gasteiger partial charge >= 0.3 is 0 Å². The minimum absolute atomic E-state index is 0.0145. The lowest BCUT2D eigenvalue weighted by Crippen LogP contribution is -2.30. The maximum atomic E-state index is 10.8. The summed E-state index contributed by atoms with van der Waals surface area (Å²) in [7, 11) is 0. The summed E-state index contributed by atoms with van der Waals surface area (Å²) in [6.07, 6.45) is 0.739. The Bertz CT molecular complexity index is 798. The zero-order chi connectivity index (χ0) is 19.6. The van der Waals surface area contributed by atoms with Gasteiger partial charge in [-0.05, 0) is 56.2 Å². The average Bonchev–Trinajstić information content (AvgIpc) is 2.64. The van der Waals surface area contributed by atoms with Gasteiger partial charge in [-0.25, -0.2) is 0 Å². The highest BCUT2D eigenvalue weighted by Crippen LogP contribution is 2.28. The first kappa shape index (κ1) is 20.4. The molecule has 2 N–H and O–H groups in total. The highest BCUT2D eigenvalue weighted by molar-refractivity contribution is 7.80. The highest BCUT2D eigenvalue weighted by Gasteiger charge is 2.08. The van der Waals surface area contributed by atoms with Crippen molar-refractivity contribution in [3.05, 3.63) is 58.1 Å². The van der Waals surface area contributed by atoms with Crippen molar-refractivity contribution >= 4 is 28.7 Å². The quantitative estimate of drug-likeness (QED) is 0.382. The Hall–Kier alpha value is -2.87. The number of anilines is 1. The van der Waals surface area contributed by atoms with Crippen molar-refractivity contribution in [1.29, 1.82) is 0 Å². The van der Waals surface area contributed by atoms with E-state index in [9.17, 15) is 10.1 Å². The van der Waals surface area contributed by atoms with Crippen molar-refractivity contribution in [3.63, 3.8) is 0 Å². The van der Waals surface area contributed by atoms with Crippen molar-refractivity contribution < 1.29 is 14.4 Å². The van der Waals surface area contributed by atoms with E-state index >= 15 is 0 Å². The Labute approximate surface area is 163 Å². The van der Waals surface area contributed by atoms with Crippen LogP contribution < -0.4 is 20.1 Å². The summed E-state index contributed by atoms with van der Waals surface area (Å²) in [5, 5.41) is 17.3. The van der Waals surface area contributed by atoms with E-state index < -0.39 is 4.92 Å². The van der Waals surface area contributed by atoms with Gasteiger partial charge in [-0.2, -0.15) is 0 Å². The average molecular weight is 389 g/mol. The van der Waals surface area contributed by atoms with Crippen LogP contribution in [0.1, 0.15) is 19.4 Å². The molecule has 0 heterocycles. The summed E-state index contributed by atoms with van der Waals surface area (Å²) in [6, 6.07) is 12.1. The number of hydrogen-bond donors (Lipinski definition) is 2. The SMILES string of the molecule is CCOc1ccc(CCNC(=S)Nc2cccc([N+](=O)[O-])c2)cc1OCC. The van der Waals surface area contributed by atoms with Gasteiger partial charge < -0.3 is 20.1 Å². The van der Waals surface area contributed by atoms with Gasteiger partial charge in [-0.1, -0.05) is 12.1 Å². The molecule has 0 bridgehead atoms. The third kappa shape index (κ3) is 6.41. The standard InChI is InChI=1S/C19H23N3O4S/c1-3-25-17-9-8-14(12-18(17)26-4-2)10-11-20-19(27)21-15-6-5-7-16(13-15)22(23)24/h5-9,12-13H,3-4,10-11H2,1-2H3,(H2,20,21,27). The number of nitro groups is 1. The summed E-state index contributed by atoms with van der Waals surface area (Å²) in [5.74, 6) is 1.47. The van der Waals surface area contributed by atoms with Crippen molar-refractivity contribution in [2.24, 2.45) is 0 Å². The summed E-state index contributed by atoms with van der Waals surface area (Å²) < 4.78 is 11.2. The molecular formula is C19H23N3O4S. The van der Waals surface area contributed by atoms with Gasteiger partial charge in [0.05, 0.1) is 18.1 Å². The van der Waals surface area contributed by atoms with Crippen LogP contribution in [-0.4, -0.2) is 29.8 Å². The lowest BCUT2D eigenvalue weighted by Gasteiger charge is -2.13. The van der Waals surface area contributed by atoms with E-state index in [1.165, 1.54) is 12.1 Å². The number of rotatable bonds is 9. The third-order valence-corrected chi connectivity index (χ3v) is 3.87. The van der Waals surface area contributed by atoms with Gasteiger partial charge in [-0.15, -0.1) is 0 Å². The zero-order valence-corrected chi connectivity index (χ0v) is 16.2. The largest absolute Gasteiger partial charge is 0.490 e. The van der Waals surface area contributed by atoms with E-state index in [1.54, 1.807) is 12.1 Å². The second kappa shape index (κ2) is 10.3. The summed E-state index contributed by atoms with van der Waals surface area (Å²) in [4.78, 5) is 10.4. The lowest BCUT2D eigenvalue weighted by atomic mass is 10.1. The molecule has 7 nitrogen and oxygen atoms in total. The highest BCUT2D eigenvalue weighted by atomic mass is 32.1. The molecular weight excluding hydrogens is 366 g/mol. The molecule has 0 aliphatic carbocycles. The summed E-state index contributed by atoms with van der Waals surface area (Å²) >= 11 is 5.25. The molecule has 0 aromatic heterocycles. The molecule has 0 saturated carbocycles. The van der Waals surface area contributed by atoms with Crippen LogP contribution in [0.25, 0.3) is 0 Å². The Balaban J connectivity index is 1.88. The van der Waals surface area contributed by atoms with Crippen molar-refractivity contribution in [3.8, 4) is 11.5 Å². The van der Waals surface area contributed by atoms with Gasteiger partial charge in [0, 0.05) is 24.4 Å². The van der Waals surface area contributed by atoms with Crippen LogP contribution in [-0.2, 0) is 6.42 Å². The Morgan fingerprint density at radius 2 is 1.85 bits per heavy atom. The molecule has 0 saturated heterocycles. The van der Waals surface area contributed by atoms with Crippen LogP contribution in [0.4, 0.5) is 11.4 Å². The first-order valence-electron chi connectivity index (χ1n) is 8.71. The van der Waals surface area contributed by atoms with E-state index in [2.05, 4.69) is 10.6 Å². The van der Waals surface area contributed by atoms with E-state index in [4.69, 9.17) is 21.7 Å². The number of benzene rings is 2. The van der Waals surface area contributed by atoms with Crippen LogP contribution in [0, 0.1) is 10.1 Å². The molecule has 144 valence electrons. The molecule has 0 unspecified atom stereocenters. The molecule has 2 rings (SSSR count). The van der Waals surface area contributed by atoms with Gasteiger partial charge in [0.2, 0.25) is 0 Å². The fourth-order valence-corrected chi connectivity index (χ4v) is 2.66. The minimum atomic E-state index is -0.441. The molecule has 0 atom stereocenters. The van der Waals surface area contributed by atoms with E-state index in [-0.39, 0.29) is 5.69 Å². The van der Waals surface area contributed by atoms with Gasteiger partial charge in [0.1, 0.15) is 0 Å². The van der Waals surface area contributed by atoms with Crippen LogP contribution in [0.5, 0.6) is 11.5 Å².